The van der Waals surface area contributed by atoms with E-state index in [2.05, 4.69) is 15.9 Å². The van der Waals surface area contributed by atoms with Crippen molar-refractivity contribution in [2.45, 2.75) is 41.9 Å². The summed E-state index contributed by atoms with van der Waals surface area (Å²) >= 11 is 6.39. The SMILES string of the molecule is O=P1(Sc2ccc(Br)cc2)OC2CCCCC2S1. The van der Waals surface area contributed by atoms with Crippen LogP contribution < -0.4 is 0 Å². The van der Waals surface area contributed by atoms with Gasteiger partial charge in [0.25, 0.3) is 0 Å². The Morgan fingerprint density at radius 2 is 2.00 bits per heavy atom. The number of benzene rings is 1. The second-order valence-electron chi connectivity index (χ2n) is 4.56. The maximum Gasteiger partial charge on any atom is 0.318 e. The normalized spacial score (nSPS) is 35.4. The lowest BCUT2D eigenvalue weighted by atomic mass is 9.97. The molecule has 2 aliphatic rings. The summed E-state index contributed by atoms with van der Waals surface area (Å²) in [5.74, 6) is -2.59. The molecule has 0 N–H and O–H groups in total. The highest BCUT2D eigenvalue weighted by Gasteiger charge is 2.45. The first-order valence-corrected chi connectivity index (χ1v) is 11.4. The molecule has 1 aromatic carbocycles. The molecule has 3 rings (SSSR count). The van der Waals surface area contributed by atoms with Gasteiger partial charge in [-0.25, -0.2) is 0 Å². The molecule has 3 atom stereocenters. The lowest BCUT2D eigenvalue weighted by Crippen LogP contribution is -2.23. The van der Waals surface area contributed by atoms with E-state index in [1.54, 1.807) is 11.4 Å². The van der Waals surface area contributed by atoms with Gasteiger partial charge in [-0.05, 0) is 48.5 Å². The lowest BCUT2D eigenvalue weighted by molar-refractivity contribution is 0.185. The molecule has 1 aliphatic carbocycles. The summed E-state index contributed by atoms with van der Waals surface area (Å²) in [6, 6.07) is 7.92. The van der Waals surface area contributed by atoms with Gasteiger partial charge >= 0.3 is 5.77 Å². The molecule has 1 aliphatic heterocycles. The van der Waals surface area contributed by atoms with Crippen molar-refractivity contribution in [2.75, 3.05) is 0 Å². The third-order valence-electron chi connectivity index (χ3n) is 3.20. The topological polar surface area (TPSA) is 26.3 Å². The third kappa shape index (κ3) is 3.01. The standard InChI is InChI=1S/C12H14BrO2PS2/c13-9-5-7-10(8-6-9)17-16(14)15-11-3-1-2-4-12(11)18-16/h5-8,11-12H,1-4H2. The first kappa shape index (κ1) is 13.6. The van der Waals surface area contributed by atoms with Gasteiger partial charge in [-0.15, -0.1) is 0 Å². The van der Waals surface area contributed by atoms with Gasteiger partial charge in [0.1, 0.15) is 0 Å². The molecule has 2 nitrogen and oxygen atoms in total. The van der Waals surface area contributed by atoms with Gasteiger partial charge in [0, 0.05) is 14.6 Å². The van der Waals surface area contributed by atoms with Crippen LogP contribution in [0.2, 0.25) is 0 Å². The average Bonchev–Trinajstić information content (AvgIpc) is 2.68. The highest BCUT2D eigenvalue weighted by Crippen LogP contribution is 2.79. The summed E-state index contributed by atoms with van der Waals surface area (Å²) in [6.07, 6.45) is 4.91. The zero-order chi connectivity index (χ0) is 12.6. The Bertz CT molecular complexity index is 461. The first-order chi connectivity index (χ1) is 8.65. The predicted octanol–water partition coefficient (Wildman–Crippen LogP) is 5.72. The van der Waals surface area contributed by atoms with Crippen molar-refractivity contribution in [3.8, 4) is 0 Å². The van der Waals surface area contributed by atoms with Crippen molar-refractivity contribution in [1.82, 2.24) is 0 Å². The Balaban J connectivity index is 1.72. The minimum atomic E-state index is -2.59. The maximum atomic E-state index is 12.7. The van der Waals surface area contributed by atoms with Crippen molar-refractivity contribution in [1.29, 1.82) is 0 Å². The van der Waals surface area contributed by atoms with Crippen molar-refractivity contribution in [3.05, 3.63) is 28.7 Å². The van der Waals surface area contributed by atoms with Gasteiger partial charge in [0.05, 0.1) is 6.10 Å². The molecular formula is C12H14BrO2PS2. The second-order valence-corrected chi connectivity index (χ2v) is 12.8. The van der Waals surface area contributed by atoms with Crippen LogP contribution in [0.25, 0.3) is 0 Å². The summed E-state index contributed by atoms with van der Waals surface area (Å²) in [5.41, 5.74) is 0. The van der Waals surface area contributed by atoms with Crippen LogP contribution in [0.1, 0.15) is 25.7 Å². The van der Waals surface area contributed by atoms with Gasteiger partial charge in [0.2, 0.25) is 0 Å². The van der Waals surface area contributed by atoms with Gasteiger partial charge in [-0.2, -0.15) is 0 Å². The third-order valence-corrected chi connectivity index (χ3v) is 10.9. The highest BCUT2D eigenvalue weighted by molar-refractivity contribution is 9.10. The Kier molecular flexibility index (Phi) is 4.17. The van der Waals surface area contributed by atoms with Crippen molar-refractivity contribution in [2.24, 2.45) is 0 Å². The molecule has 0 radical (unpaired) electrons. The molecule has 0 amide bonds. The van der Waals surface area contributed by atoms with Crippen LogP contribution in [-0.2, 0) is 9.09 Å². The van der Waals surface area contributed by atoms with E-state index >= 15 is 0 Å². The monoisotopic (exact) mass is 364 g/mol. The lowest BCUT2D eigenvalue weighted by Gasteiger charge is -2.20. The van der Waals surface area contributed by atoms with Gasteiger partial charge in [-0.1, -0.05) is 40.2 Å². The zero-order valence-electron chi connectivity index (χ0n) is 9.75. The predicted molar refractivity (Wildman–Crippen MR) is 82.3 cm³/mol. The largest absolute Gasteiger partial charge is 0.318 e. The zero-order valence-corrected chi connectivity index (χ0v) is 13.9. The number of rotatable bonds is 2. The molecule has 0 aromatic heterocycles. The number of hydrogen-bond donors (Lipinski definition) is 0. The molecule has 18 heavy (non-hydrogen) atoms. The first-order valence-electron chi connectivity index (χ1n) is 6.07. The van der Waals surface area contributed by atoms with Gasteiger partial charge in [0.15, 0.2) is 0 Å². The minimum absolute atomic E-state index is 0.220. The molecule has 6 heteroatoms. The number of halogens is 1. The fraction of sp³-hybridized carbons (Fsp3) is 0.500. The Hall–Kier alpha value is 0.590. The van der Waals surface area contributed by atoms with Crippen molar-refractivity contribution >= 4 is 44.5 Å². The Morgan fingerprint density at radius 1 is 1.28 bits per heavy atom. The summed E-state index contributed by atoms with van der Waals surface area (Å²) in [7, 11) is 0. The van der Waals surface area contributed by atoms with Crippen LogP contribution >= 0.6 is 44.5 Å². The maximum absolute atomic E-state index is 12.7. The van der Waals surface area contributed by atoms with Crippen molar-refractivity contribution in [3.63, 3.8) is 0 Å². The quantitative estimate of drug-likeness (QED) is 0.626. The molecule has 1 saturated heterocycles. The summed E-state index contributed by atoms with van der Waals surface area (Å²) in [5, 5.41) is 0.451. The fourth-order valence-electron chi connectivity index (χ4n) is 2.33. The molecule has 1 aromatic rings. The summed E-state index contributed by atoms with van der Waals surface area (Å²) in [6.45, 7) is 0. The van der Waals surface area contributed by atoms with Crippen LogP contribution in [0.5, 0.6) is 0 Å². The van der Waals surface area contributed by atoms with Crippen LogP contribution in [0.3, 0.4) is 0 Å². The smallest absolute Gasteiger partial charge is 0.309 e. The van der Waals surface area contributed by atoms with E-state index in [9.17, 15) is 4.57 Å². The van der Waals surface area contributed by atoms with E-state index in [0.29, 0.717) is 5.25 Å². The van der Waals surface area contributed by atoms with Crippen LogP contribution in [0, 0.1) is 0 Å². The fourth-order valence-corrected chi connectivity index (χ4v) is 10.9. The van der Waals surface area contributed by atoms with Crippen molar-refractivity contribution < 1.29 is 9.09 Å². The molecule has 98 valence electrons. The van der Waals surface area contributed by atoms with E-state index in [4.69, 9.17) is 4.52 Å². The average molecular weight is 365 g/mol. The van der Waals surface area contributed by atoms with E-state index in [0.717, 1.165) is 22.2 Å². The minimum Gasteiger partial charge on any atom is -0.309 e. The highest BCUT2D eigenvalue weighted by atomic mass is 79.9. The Morgan fingerprint density at radius 3 is 2.72 bits per heavy atom. The molecule has 2 fully saturated rings. The molecule has 1 saturated carbocycles. The van der Waals surface area contributed by atoms with Crippen LogP contribution in [0.4, 0.5) is 0 Å². The van der Waals surface area contributed by atoms with E-state index < -0.39 is 5.77 Å². The second kappa shape index (κ2) is 5.53. The number of hydrogen-bond acceptors (Lipinski definition) is 4. The van der Waals surface area contributed by atoms with Crippen LogP contribution in [-0.4, -0.2) is 11.4 Å². The molecule has 0 bridgehead atoms. The van der Waals surface area contributed by atoms with E-state index in [1.807, 2.05) is 24.3 Å². The molecule has 3 unspecified atom stereocenters. The van der Waals surface area contributed by atoms with E-state index in [1.165, 1.54) is 24.2 Å². The molecule has 1 heterocycles. The molecular weight excluding hydrogens is 351 g/mol. The number of fused-ring (bicyclic) bond motifs is 1. The summed E-state index contributed by atoms with van der Waals surface area (Å²) < 4.78 is 19.6. The van der Waals surface area contributed by atoms with Gasteiger partial charge < -0.3 is 4.52 Å². The molecule has 0 spiro atoms. The van der Waals surface area contributed by atoms with Crippen LogP contribution in [0.15, 0.2) is 33.6 Å². The summed E-state index contributed by atoms with van der Waals surface area (Å²) in [4.78, 5) is 1.02. The van der Waals surface area contributed by atoms with E-state index in [-0.39, 0.29) is 6.10 Å². The Labute approximate surface area is 124 Å². The van der Waals surface area contributed by atoms with Gasteiger partial charge in [-0.3, -0.25) is 4.57 Å².